The van der Waals surface area contributed by atoms with E-state index < -0.39 is 0 Å². The third-order valence-corrected chi connectivity index (χ3v) is 2.93. The molecule has 1 aromatic rings. The third-order valence-electron chi connectivity index (χ3n) is 2.93. The minimum Gasteiger partial charge on any atom is -1.00 e. The number of halogens is 1. The van der Waals surface area contributed by atoms with Crippen LogP contribution < -0.4 is 23.5 Å². The zero-order valence-corrected chi connectivity index (χ0v) is 9.63. The Kier molecular flexibility index (Phi) is 4.76. The number of para-hydroxylation sites is 2. The number of hydrogen-bond acceptors (Lipinski definition) is 2. The van der Waals surface area contributed by atoms with Crippen molar-refractivity contribution in [1.82, 2.24) is 0 Å². The number of rotatable bonds is 2. The number of hydrogen-bond donors (Lipinski definition) is 2. The fourth-order valence-corrected chi connectivity index (χ4v) is 2.10. The number of nitrogens with one attached hydrogen (secondary N) is 1. The molecule has 0 heterocycles. The van der Waals surface area contributed by atoms with Crippen LogP contribution in [0.5, 0.6) is 0 Å². The molecule has 3 heteroatoms. The van der Waals surface area contributed by atoms with E-state index in [9.17, 15) is 0 Å². The molecule has 0 amide bonds. The van der Waals surface area contributed by atoms with Crippen LogP contribution in [0.1, 0.15) is 32.1 Å². The van der Waals surface area contributed by atoms with Gasteiger partial charge in [-0.05, 0) is 25.0 Å². The lowest BCUT2D eigenvalue weighted by atomic mass is 9.95. The van der Waals surface area contributed by atoms with E-state index in [4.69, 9.17) is 5.73 Å². The first-order valence-corrected chi connectivity index (χ1v) is 5.47. The van der Waals surface area contributed by atoms with Gasteiger partial charge in [0.25, 0.3) is 0 Å². The molecule has 1 saturated carbocycles. The number of nitrogen functional groups attached to an aromatic ring is 1. The van der Waals surface area contributed by atoms with Gasteiger partial charge in [-0.3, -0.25) is 0 Å². The van der Waals surface area contributed by atoms with Crippen LogP contribution in [0.4, 0.5) is 11.4 Å². The van der Waals surface area contributed by atoms with E-state index in [1.54, 1.807) is 0 Å². The van der Waals surface area contributed by atoms with Crippen LogP contribution in [0, 0.1) is 0 Å². The summed E-state index contributed by atoms with van der Waals surface area (Å²) >= 11 is 0. The van der Waals surface area contributed by atoms with Crippen molar-refractivity contribution in [2.75, 3.05) is 11.1 Å². The van der Waals surface area contributed by atoms with E-state index in [0.29, 0.717) is 6.04 Å². The number of benzene rings is 1. The molecule has 0 spiro atoms. The van der Waals surface area contributed by atoms with Crippen LogP contribution in [0.3, 0.4) is 0 Å². The van der Waals surface area contributed by atoms with E-state index >= 15 is 0 Å². The van der Waals surface area contributed by atoms with Crippen molar-refractivity contribution in [1.29, 1.82) is 0 Å². The Bertz CT molecular complexity index is 295. The van der Waals surface area contributed by atoms with Gasteiger partial charge in [0, 0.05) is 6.04 Å². The van der Waals surface area contributed by atoms with E-state index in [1.165, 1.54) is 32.1 Å². The van der Waals surface area contributed by atoms with Crippen LogP contribution in [-0.2, 0) is 0 Å². The summed E-state index contributed by atoms with van der Waals surface area (Å²) in [4.78, 5) is 0. The smallest absolute Gasteiger partial charge is 0.0576 e. The summed E-state index contributed by atoms with van der Waals surface area (Å²) in [5, 5.41) is 3.52. The van der Waals surface area contributed by atoms with Gasteiger partial charge in [0.1, 0.15) is 0 Å². The second-order valence-corrected chi connectivity index (χ2v) is 4.07. The lowest BCUT2D eigenvalue weighted by molar-refractivity contribution is -0.00000292. The Morgan fingerprint density at radius 2 is 1.73 bits per heavy atom. The lowest BCUT2D eigenvalue weighted by Crippen LogP contribution is -3.00. The van der Waals surface area contributed by atoms with E-state index in [2.05, 4.69) is 11.4 Å². The molecule has 15 heavy (non-hydrogen) atoms. The highest BCUT2D eigenvalue weighted by Gasteiger charge is 2.13. The Morgan fingerprint density at radius 1 is 1.07 bits per heavy atom. The van der Waals surface area contributed by atoms with Crippen molar-refractivity contribution in [2.45, 2.75) is 38.1 Å². The van der Waals surface area contributed by atoms with Crippen molar-refractivity contribution >= 4 is 11.4 Å². The Balaban J connectivity index is 0.00000112. The molecule has 0 bridgehead atoms. The summed E-state index contributed by atoms with van der Waals surface area (Å²) in [5.74, 6) is 0. The van der Waals surface area contributed by atoms with Gasteiger partial charge >= 0.3 is 0 Å². The zero-order chi connectivity index (χ0) is 9.80. The molecule has 1 fully saturated rings. The number of anilines is 2. The summed E-state index contributed by atoms with van der Waals surface area (Å²) in [6.07, 6.45) is 6.67. The van der Waals surface area contributed by atoms with Gasteiger partial charge in [0.15, 0.2) is 0 Å². The molecule has 0 radical (unpaired) electrons. The van der Waals surface area contributed by atoms with Gasteiger partial charge in [0.05, 0.1) is 11.4 Å². The minimum absolute atomic E-state index is 0. The minimum atomic E-state index is 0. The van der Waals surface area contributed by atoms with Gasteiger partial charge in [-0.1, -0.05) is 31.4 Å². The van der Waals surface area contributed by atoms with E-state index in [1.807, 2.05) is 18.2 Å². The van der Waals surface area contributed by atoms with Crippen LogP contribution in [0.2, 0.25) is 0 Å². The lowest BCUT2D eigenvalue weighted by Gasteiger charge is -2.24. The summed E-state index contributed by atoms with van der Waals surface area (Å²) in [6, 6.07) is 8.64. The highest BCUT2D eigenvalue weighted by Crippen LogP contribution is 2.24. The van der Waals surface area contributed by atoms with Crippen molar-refractivity contribution in [3.63, 3.8) is 0 Å². The first-order valence-electron chi connectivity index (χ1n) is 5.47. The molecule has 84 valence electrons. The standard InChI is InChI=1S/C12H18N2.ClH/c13-11-8-4-5-9-12(11)14-10-6-2-1-3-7-10;/h4-5,8-10,14H,1-3,6-7,13H2;1H/p-1. The molecule has 1 aliphatic carbocycles. The summed E-state index contributed by atoms with van der Waals surface area (Å²) in [7, 11) is 0. The fourth-order valence-electron chi connectivity index (χ4n) is 2.10. The number of nitrogens with two attached hydrogens (primary N) is 1. The predicted octanol–water partition coefficient (Wildman–Crippen LogP) is 0.0174. The SMILES string of the molecule is Nc1ccccc1NC1CCCCC1.[Cl-]. The molecule has 2 nitrogen and oxygen atoms in total. The summed E-state index contributed by atoms with van der Waals surface area (Å²) in [6.45, 7) is 0. The van der Waals surface area contributed by atoms with Crippen molar-refractivity contribution in [3.05, 3.63) is 24.3 Å². The van der Waals surface area contributed by atoms with E-state index in [-0.39, 0.29) is 12.4 Å². The topological polar surface area (TPSA) is 38.0 Å². The molecule has 0 unspecified atom stereocenters. The molecular weight excluding hydrogens is 208 g/mol. The molecule has 0 aromatic heterocycles. The fraction of sp³-hybridized carbons (Fsp3) is 0.500. The first kappa shape index (κ1) is 12.2. The van der Waals surface area contributed by atoms with Gasteiger partial charge in [0.2, 0.25) is 0 Å². The third kappa shape index (κ3) is 3.31. The molecule has 0 saturated heterocycles. The van der Waals surface area contributed by atoms with E-state index in [0.717, 1.165) is 11.4 Å². The molecule has 2 rings (SSSR count). The summed E-state index contributed by atoms with van der Waals surface area (Å²) < 4.78 is 0. The van der Waals surface area contributed by atoms with Gasteiger partial charge < -0.3 is 23.5 Å². The second kappa shape index (κ2) is 5.86. The second-order valence-electron chi connectivity index (χ2n) is 4.07. The Labute approximate surface area is 97.7 Å². The average Bonchev–Trinajstić information content (AvgIpc) is 2.23. The molecule has 1 aliphatic rings. The van der Waals surface area contributed by atoms with Crippen LogP contribution in [0.15, 0.2) is 24.3 Å². The summed E-state index contributed by atoms with van der Waals surface area (Å²) in [5.41, 5.74) is 7.83. The van der Waals surface area contributed by atoms with Crippen molar-refractivity contribution in [3.8, 4) is 0 Å². The zero-order valence-electron chi connectivity index (χ0n) is 8.88. The highest BCUT2D eigenvalue weighted by molar-refractivity contribution is 5.65. The maximum Gasteiger partial charge on any atom is 0.0576 e. The highest BCUT2D eigenvalue weighted by atomic mass is 35.5. The largest absolute Gasteiger partial charge is 1.00 e. The van der Waals surface area contributed by atoms with Gasteiger partial charge in [-0.25, -0.2) is 0 Å². The van der Waals surface area contributed by atoms with Gasteiger partial charge in [-0.15, -0.1) is 0 Å². The van der Waals surface area contributed by atoms with Crippen LogP contribution in [-0.4, -0.2) is 6.04 Å². The quantitative estimate of drug-likeness (QED) is 0.697. The maximum absolute atomic E-state index is 5.88. The normalized spacial score (nSPS) is 16.8. The monoisotopic (exact) mass is 225 g/mol. The average molecular weight is 226 g/mol. The van der Waals surface area contributed by atoms with Crippen molar-refractivity contribution < 1.29 is 12.4 Å². The Hall–Kier alpha value is -0.890. The maximum atomic E-state index is 5.88. The van der Waals surface area contributed by atoms with Crippen molar-refractivity contribution in [2.24, 2.45) is 0 Å². The molecule has 0 aliphatic heterocycles. The predicted molar refractivity (Wildman–Crippen MR) is 61.4 cm³/mol. The molecule has 3 N–H and O–H groups in total. The molecule has 0 atom stereocenters. The van der Waals surface area contributed by atoms with Gasteiger partial charge in [-0.2, -0.15) is 0 Å². The molecular formula is C12H18ClN2-. The molecule has 1 aromatic carbocycles. The Morgan fingerprint density at radius 3 is 2.40 bits per heavy atom. The first-order chi connectivity index (χ1) is 6.86. The van der Waals surface area contributed by atoms with Crippen LogP contribution >= 0.6 is 0 Å². The van der Waals surface area contributed by atoms with Crippen LogP contribution in [0.25, 0.3) is 0 Å².